The van der Waals surface area contributed by atoms with Crippen molar-refractivity contribution in [3.8, 4) is 6.07 Å². The number of ether oxygens (including phenoxy) is 1. The molecule has 0 unspecified atom stereocenters. The van der Waals surface area contributed by atoms with Gasteiger partial charge in [-0.3, -0.25) is 4.79 Å². The molecule has 0 bridgehead atoms. The average Bonchev–Trinajstić information content (AvgIpc) is 3.16. The van der Waals surface area contributed by atoms with Crippen LogP contribution in [-0.4, -0.2) is 29.9 Å². The maximum atomic E-state index is 14.0. The van der Waals surface area contributed by atoms with Gasteiger partial charge in [0.25, 0.3) is 0 Å². The molecule has 0 atom stereocenters. The van der Waals surface area contributed by atoms with Gasteiger partial charge in [0.1, 0.15) is 12.7 Å². The van der Waals surface area contributed by atoms with Gasteiger partial charge in [0.15, 0.2) is 5.82 Å². The first-order valence-electron chi connectivity index (χ1n) is 10.4. The third-order valence-corrected chi connectivity index (χ3v) is 6.59. The topological polar surface area (TPSA) is 70.4 Å². The normalized spacial score (nSPS) is 16.0. The summed E-state index contributed by atoms with van der Waals surface area (Å²) in [6, 6.07) is 10.5. The molecular formula is C24H22ClFN2O3. The predicted molar refractivity (Wildman–Crippen MR) is 113 cm³/mol. The summed E-state index contributed by atoms with van der Waals surface area (Å²) in [5, 5.41) is 8.72. The van der Waals surface area contributed by atoms with Crippen molar-refractivity contribution in [2.24, 2.45) is 5.92 Å². The summed E-state index contributed by atoms with van der Waals surface area (Å²) in [6.45, 7) is 1.70. The third-order valence-electron chi connectivity index (χ3n) is 6.18. The fraction of sp³-hybridized carbons (Fsp3) is 0.375. The lowest BCUT2D eigenvalue weighted by Crippen LogP contribution is -2.39. The highest BCUT2D eigenvalue weighted by molar-refractivity contribution is 6.31. The van der Waals surface area contributed by atoms with Crippen LogP contribution in [0.2, 0.25) is 5.02 Å². The van der Waals surface area contributed by atoms with Gasteiger partial charge in [-0.15, -0.1) is 0 Å². The Labute approximate surface area is 185 Å². The quantitative estimate of drug-likeness (QED) is 0.644. The number of esters is 1. The Hall–Kier alpha value is -2.91. The number of amides is 1. The average molecular weight is 441 g/mol. The number of rotatable bonds is 5. The molecular weight excluding hydrogens is 419 g/mol. The zero-order valence-corrected chi connectivity index (χ0v) is 17.8. The van der Waals surface area contributed by atoms with Crippen LogP contribution in [0.4, 0.5) is 4.39 Å². The van der Waals surface area contributed by atoms with Crippen molar-refractivity contribution in [3.63, 3.8) is 0 Å². The lowest BCUT2D eigenvalue weighted by atomic mass is 9.90. The zero-order valence-electron chi connectivity index (χ0n) is 17.0. The number of hydrogen-bond acceptors (Lipinski definition) is 4. The van der Waals surface area contributed by atoms with Gasteiger partial charge in [0.2, 0.25) is 5.91 Å². The summed E-state index contributed by atoms with van der Waals surface area (Å²) in [5.74, 6) is -0.557. The Morgan fingerprint density at radius 3 is 2.77 bits per heavy atom. The van der Waals surface area contributed by atoms with Crippen LogP contribution in [0.1, 0.15) is 51.9 Å². The molecule has 0 N–H and O–H groups in total. The Bertz CT molecular complexity index is 1070. The molecule has 0 aromatic heterocycles. The van der Waals surface area contributed by atoms with Crippen molar-refractivity contribution >= 4 is 23.5 Å². The van der Waals surface area contributed by atoms with E-state index in [9.17, 15) is 14.0 Å². The molecule has 1 saturated heterocycles. The smallest absolute Gasteiger partial charge is 0.338 e. The van der Waals surface area contributed by atoms with Crippen molar-refractivity contribution in [3.05, 3.63) is 69.0 Å². The van der Waals surface area contributed by atoms with Crippen molar-refractivity contribution < 1.29 is 18.7 Å². The molecule has 4 rings (SSSR count). The second kappa shape index (κ2) is 9.07. The molecule has 2 aliphatic heterocycles. The van der Waals surface area contributed by atoms with E-state index in [0.29, 0.717) is 36.7 Å². The molecule has 0 spiro atoms. The highest BCUT2D eigenvalue weighted by Gasteiger charge is 2.25. The van der Waals surface area contributed by atoms with Crippen LogP contribution < -0.4 is 0 Å². The van der Waals surface area contributed by atoms with Gasteiger partial charge >= 0.3 is 5.97 Å². The Morgan fingerprint density at radius 2 is 2.03 bits per heavy atom. The van der Waals surface area contributed by atoms with Crippen molar-refractivity contribution in [2.75, 3.05) is 13.1 Å². The van der Waals surface area contributed by atoms with Crippen molar-refractivity contribution in [1.82, 2.24) is 4.90 Å². The molecule has 7 heteroatoms. The van der Waals surface area contributed by atoms with Crippen LogP contribution in [0.5, 0.6) is 0 Å². The van der Waals surface area contributed by atoms with Gasteiger partial charge < -0.3 is 9.64 Å². The summed E-state index contributed by atoms with van der Waals surface area (Å²) in [7, 11) is 0. The number of likely N-dealkylation sites (tertiary alicyclic amines) is 1. The number of cyclic esters (lactones) is 1. The largest absolute Gasteiger partial charge is 0.457 e. The van der Waals surface area contributed by atoms with E-state index in [-0.39, 0.29) is 28.9 Å². The van der Waals surface area contributed by atoms with Crippen molar-refractivity contribution in [1.29, 1.82) is 5.26 Å². The number of nitrogens with zero attached hydrogens (tertiary/aromatic N) is 2. The minimum absolute atomic E-state index is 0.0298. The number of fused-ring (bicyclic) bond motifs is 1. The van der Waals surface area contributed by atoms with E-state index in [1.54, 1.807) is 17.0 Å². The third kappa shape index (κ3) is 4.57. The van der Waals surface area contributed by atoms with Gasteiger partial charge in [-0.25, -0.2) is 9.18 Å². The summed E-state index contributed by atoms with van der Waals surface area (Å²) in [6.07, 6.45) is 3.84. The number of carbonyl (C=O) groups is 2. The molecule has 2 aromatic rings. The first-order valence-corrected chi connectivity index (χ1v) is 10.8. The molecule has 1 fully saturated rings. The maximum absolute atomic E-state index is 14.0. The molecule has 2 aromatic carbocycles. The Kier molecular flexibility index (Phi) is 6.24. The number of halogens is 2. The molecule has 0 saturated carbocycles. The molecule has 160 valence electrons. The van der Waals surface area contributed by atoms with Crippen molar-refractivity contribution in [2.45, 2.75) is 38.7 Å². The van der Waals surface area contributed by atoms with E-state index >= 15 is 0 Å². The standard InChI is InChI=1S/C24H22ClFN2O3/c25-22-17(4-5-18(13-27)23(22)26)12-21(29)28-9-7-15(8-10-28)1-2-16-3-6-20-19(11-16)14-31-24(20)30/h3-6,11,15H,1-2,7-10,12,14H2. The molecule has 0 radical (unpaired) electrons. The summed E-state index contributed by atoms with van der Waals surface area (Å²) < 4.78 is 19.1. The van der Waals surface area contributed by atoms with Crippen LogP contribution in [-0.2, 0) is 29.0 Å². The Balaban J connectivity index is 1.27. The highest BCUT2D eigenvalue weighted by atomic mass is 35.5. The lowest BCUT2D eigenvalue weighted by molar-refractivity contribution is -0.131. The van der Waals surface area contributed by atoms with Crippen LogP contribution >= 0.6 is 11.6 Å². The number of aryl methyl sites for hydroxylation is 1. The lowest BCUT2D eigenvalue weighted by Gasteiger charge is -2.32. The highest BCUT2D eigenvalue weighted by Crippen LogP contribution is 2.27. The maximum Gasteiger partial charge on any atom is 0.338 e. The predicted octanol–water partition coefficient (Wildman–Crippen LogP) is 4.44. The fourth-order valence-electron chi connectivity index (χ4n) is 4.27. The monoisotopic (exact) mass is 440 g/mol. The van der Waals surface area contributed by atoms with Crippen LogP contribution in [0, 0.1) is 23.1 Å². The second-order valence-corrected chi connectivity index (χ2v) is 8.50. The summed E-state index contributed by atoms with van der Waals surface area (Å²) in [5.41, 5.74) is 3.11. The molecule has 31 heavy (non-hydrogen) atoms. The fourth-order valence-corrected chi connectivity index (χ4v) is 4.50. The SMILES string of the molecule is N#Cc1ccc(CC(=O)N2CCC(CCc3ccc4c(c3)COC4=O)CC2)c(Cl)c1F. The van der Waals surface area contributed by atoms with Gasteiger partial charge in [-0.2, -0.15) is 5.26 Å². The molecule has 2 aliphatic rings. The van der Waals surface area contributed by atoms with Gasteiger partial charge in [0, 0.05) is 18.7 Å². The first-order chi connectivity index (χ1) is 15.0. The van der Waals surface area contributed by atoms with Gasteiger partial charge in [-0.05, 0) is 54.9 Å². The van der Waals surface area contributed by atoms with Crippen LogP contribution in [0.15, 0.2) is 30.3 Å². The van der Waals surface area contributed by atoms with Gasteiger partial charge in [-0.1, -0.05) is 29.8 Å². The Morgan fingerprint density at radius 1 is 1.26 bits per heavy atom. The van der Waals surface area contributed by atoms with E-state index in [1.165, 1.54) is 11.6 Å². The van der Waals surface area contributed by atoms with Gasteiger partial charge in [0.05, 0.1) is 22.6 Å². The minimum Gasteiger partial charge on any atom is -0.457 e. The van der Waals surface area contributed by atoms with E-state index in [2.05, 4.69) is 6.07 Å². The number of piperidine rings is 1. The number of hydrogen-bond donors (Lipinski definition) is 0. The molecule has 2 heterocycles. The van der Waals surface area contributed by atoms with E-state index in [0.717, 1.165) is 31.2 Å². The van der Waals surface area contributed by atoms with E-state index < -0.39 is 5.82 Å². The summed E-state index contributed by atoms with van der Waals surface area (Å²) in [4.78, 5) is 26.0. The molecule has 5 nitrogen and oxygen atoms in total. The van der Waals surface area contributed by atoms with Crippen LogP contribution in [0.25, 0.3) is 0 Å². The van der Waals surface area contributed by atoms with E-state index in [4.69, 9.17) is 21.6 Å². The molecule has 1 amide bonds. The van der Waals surface area contributed by atoms with Crippen LogP contribution in [0.3, 0.4) is 0 Å². The molecule has 0 aliphatic carbocycles. The second-order valence-electron chi connectivity index (χ2n) is 8.12. The summed E-state index contributed by atoms with van der Waals surface area (Å²) >= 11 is 6.00. The van der Waals surface area contributed by atoms with E-state index in [1.807, 2.05) is 12.1 Å². The first kappa shape index (κ1) is 21.3. The minimum atomic E-state index is -0.768. The number of benzene rings is 2. The number of carbonyl (C=O) groups excluding carboxylic acids is 2. The zero-order chi connectivity index (χ0) is 22.0. The number of nitriles is 1.